The van der Waals surface area contributed by atoms with Crippen LogP contribution in [-0.4, -0.2) is 0 Å². The molecule has 0 amide bonds. The first-order chi connectivity index (χ1) is 6.04. The van der Waals surface area contributed by atoms with Gasteiger partial charge in [-0.1, -0.05) is 39.0 Å². The molecule has 0 heteroatoms. The Morgan fingerprint density at radius 2 is 1.62 bits per heavy atom. The Balaban J connectivity index is 3.18. The van der Waals surface area contributed by atoms with Gasteiger partial charge in [-0.25, -0.2) is 0 Å². The molecular weight excluding hydrogens is 156 g/mol. The third kappa shape index (κ3) is 2.12. The summed E-state index contributed by atoms with van der Waals surface area (Å²) in [6, 6.07) is 6.53. The zero-order chi connectivity index (χ0) is 10.0. The lowest BCUT2D eigenvalue weighted by Crippen LogP contribution is -1.98. The van der Waals surface area contributed by atoms with E-state index in [0.717, 1.165) is 0 Å². The third-order valence-corrected chi connectivity index (χ3v) is 2.57. The van der Waals surface area contributed by atoms with Crippen LogP contribution in [0.25, 0.3) is 0 Å². The van der Waals surface area contributed by atoms with Crippen molar-refractivity contribution < 1.29 is 0 Å². The zero-order valence-electron chi connectivity index (χ0n) is 9.09. The van der Waals surface area contributed by atoms with Crippen molar-refractivity contribution in [1.29, 1.82) is 0 Å². The standard InChI is InChI=1S/C13H19/c1-9(2)12-7-6-8-13(10(3)4)11(12)5/h6-10H,1H2,2-5H3. The molecule has 1 unspecified atom stereocenters. The van der Waals surface area contributed by atoms with Crippen LogP contribution in [0.5, 0.6) is 0 Å². The van der Waals surface area contributed by atoms with E-state index < -0.39 is 0 Å². The lowest BCUT2D eigenvalue weighted by molar-refractivity contribution is 0.840. The highest BCUT2D eigenvalue weighted by molar-refractivity contribution is 5.38. The molecule has 71 valence electrons. The number of rotatable bonds is 2. The molecule has 0 aliphatic carbocycles. The van der Waals surface area contributed by atoms with Crippen molar-refractivity contribution in [2.75, 3.05) is 0 Å². The largest absolute Gasteiger partial charge is 0.0617 e. The van der Waals surface area contributed by atoms with Crippen LogP contribution in [0.1, 0.15) is 49.3 Å². The van der Waals surface area contributed by atoms with Gasteiger partial charge in [0.2, 0.25) is 0 Å². The Kier molecular flexibility index (Phi) is 3.13. The summed E-state index contributed by atoms with van der Waals surface area (Å²) in [6.07, 6.45) is 0. The van der Waals surface area contributed by atoms with Crippen LogP contribution in [0.15, 0.2) is 18.2 Å². The van der Waals surface area contributed by atoms with Crippen LogP contribution in [0.2, 0.25) is 0 Å². The van der Waals surface area contributed by atoms with Crippen LogP contribution in [0.3, 0.4) is 0 Å². The van der Waals surface area contributed by atoms with E-state index in [1.165, 1.54) is 16.7 Å². The molecule has 0 saturated carbocycles. The first-order valence-electron chi connectivity index (χ1n) is 4.96. The van der Waals surface area contributed by atoms with Gasteiger partial charge in [-0.2, -0.15) is 0 Å². The minimum atomic E-state index is 0.388. The van der Waals surface area contributed by atoms with E-state index >= 15 is 0 Å². The molecule has 0 heterocycles. The SMILES string of the molecule is [CH2]C(C)c1cccc(C(C)C)c1C. The van der Waals surface area contributed by atoms with Gasteiger partial charge in [0.05, 0.1) is 0 Å². The number of hydrogen-bond donors (Lipinski definition) is 0. The molecule has 1 radical (unpaired) electrons. The molecule has 0 fully saturated rings. The first-order valence-corrected chi connectivity index (χ1v) is 4.96. The van der Waals surface area contributed by atoms with Gasteiger partial charge < -0.3 is 0 Å². The van der Waals surface area contributed by atoms with Crippen molar-refractivity contribution in [3.05, 3.63) is 41.8 Å². The second-order valence-electron chi connectivity index (χ2n) is 4.12. The molecule has 0 N–H and O–H groups in total. The predicted octanol–water partition coefficient (Wildman–Crippen LogP) is 4.06. The van der Waals surface area contributed by atoms with Crippen LogP contribution in [-0.2, 0) is 0 Å². The van der Waals surface area contributed by atoms with Crippen LogP contribution in [0, 0.1) is 13.8 Å². The Morgan fingerprint density at radius 3 is 2.08 bits per heavy atom. The maximum absolute atomic E-state index is 4.07. The highest BCUT2D eigenvalue weighted by atomic mass is 14.1. The van der Waals surface area contributed by atoms with Crippen molar-refractivity contribution >= 4 is 0 Å². The molecule has 1 atom stereocenters. The molecular formula is C13H19. The molecule has 13 heavy (non-hydrogen) atoms. The van der Waals surface area contributed by atoms with Gasteiger partial charge in [0, 0.05) is 0 Å². The van der Waals surface area contributed by atoms with Gasteiger partial charge in [-0.05, 0) is 42.4 Å². The predicted molar refractivity (Wildman–Crippen MR) is 59.0 cm³/mol. The van der Waals surface area contributed by atoms with Crippen LogP contribution >= 0.6 is 0 Å². The maximum Gasteiger partial charge on any atom is -0.0187 e. The van der Waals surface area contributed by atoms with Crippen LogP contribution in [0.4, 0.5) is 0 Å². The maximum atomic E-state index is 4.07. The van der Waals surface area contributed by atoms with Gasteiger partial charge in [0.15, 0.2) is 0 Å². The second-order valence-corrected chi connectivity index (χ2v) is 4.12. The monoisotopic (exact) mass is 175 g/mol. The van der Waals surface area contributed by atoms with Gasteiger partial charge in [0.1, 0.15) is 0 Å². The van der Waals surface area contributed by atoms with Crippen molar-refractivity contribution in [3.63, 3.8) is 0 Å². The smallest absolute Gasteiger partial charge is 0.0187 e. The molecule has 0 aliphatic rings. The molecule has 0 aliphatic heterocycles. The van der Waals surface area contributed by atoms with E-state index in [1.54, 1.807) is 0 Å². The molecule has 0 nitrogen and oxygen atoms in total. The number of hydrogen-bond acceptors (Lipinski definition) is 0. The molecule has 1 aromatic carbocycles. The van der Waals surface area contributed by atoms with E-state index in [1.807, 2.05) is 0 Å². The van der Waals surface area contributed by atoms with Crippen molar-refractivity contribution in [2.45, 2.75) is 39.5 Å². The average molecular weight is 175 g/mol. The fourth-order valence-electron chi connectivity index (χ4n) is 1.83. The summed E-state index contributed by atoms with van der Waals surface area (Å²) in [7, 11) is 0. The summed E-state index contributed by atoms with van der Waals surface area (Å²) in [5, 5.41) is 0. The summed E-state index contributed by atoms with van der Waals surface area (Å²) in [6.45, 7) is 12.9. The van der Waals surface area contributed by atoms with Gasteiger partial charge in [0.25, 0.3) is 0 Å². The minimum absolute atomic E-state index is 0.388. The van der Waals surface area contributed by atoms with Crippen molar-refractivity contribution in [3.8, 4) is 0 Å². The Bertz CT molecular complexity index is 256. The van der Waals surface area contributed by atoms with E-state index in [2.05, 4.69) is 52.8 Å². The second kappa shape index (κ2) is 3.95. The molecule has 0 bridgehead atoms. The summed E-state index contributed by atoms with van der Waals surface area (Å²) < 4.78 is 0. The first kappa shape index (κ1) is 10.3. The fourth-order valence-corrected chi connectivity index (χ4v) is 1.83. The van der Waals surface area contributed by atoms with Gasteiger partial charge in [-0.15, -0.1) is 0 Å². The minimum Gasteiger partial charge on any atom is -0.0617 e. The van der Waals surface area contributed by atoms with Crippen molar-refractivity contribution in [2.24, 2.45) is 0 Å². The zero-order valence-corrected chi connectivity index (χ0v) is 9.09. The quantitative estimate of drug-likeness (QED) is 0.636. The van der Waals surface area contributed by atoms with E-state index in [-0.39, 0.29) is 0 Å². The third-order valence-electron chi connectivity index (χ3n) is 2.57. The van der Waals surface area contributed by atoms with Crippen molar-refractivity contribution in [1.82, 2.24) is 0 Å². The molecule has 0 aromatic heterocycles. The van der Waals surface area contributed by atoms with E-state index in [9.17, 15) is 0 Å². The summed E-state index contributed by atoms with van der Waals surface area (Å²) in [5.41, 5.74) is 4.25. The fraction of sp³-hybridized carbons (Fsp3) is 0.462. The highest BCUT2D eigenvalue weighted by Crippen LogP contribution is 2.26. The molecule has 0 spiro atoms. The highest BCUT2D eigenvalue weighted by Gasteiger charge is 2.08. The summed E-state index contributed by atoms with van der Waals surface area (Å²) >= 11 is 0. The lowest BCUT2D eigenvalue weighted by atomic mass is 9.90. The summed E-state index contributed by atoms with van der Waals surface area (Å²) in [5.74, 6) is 0.998. The normalized spacial score (nSPS) is 11.3. The summed E-state index contributed by atoms with van der Waals surface area (Å²) in [4.78, 5) is 0. The van der Waals surface area contributed by atoms with Crippen LogP contribution < -0.4 is 0 Å². The topological polar surface area (TPSA) is 0 Å². The van der Waals surface area contributed by atoms with E-state index in [4.69, 9.17) is 0 Å². The molecule has 0 saturated heterocycles. The van der Waals surface area contributed by atoms with E-state index in [0.29, 0.717) is 11.8 Å². The molecule has 1 rings (SSSR count). The van der Waals surface area contributed by atoms with Gasteiger partial charge >= 0.3 is 0 Å². The number of benzene rings is 1. The Labute approximate surface area is 82.0 Å². The van der Waals surface area contributed by atoms with Gasteiger partial charge in [-0.3, -0.25) is 0 Å². The Hall–Kier alpha value is -0.780. The lowest BCUT2D eigenvalue weighted by Gasteiger charge is -2.15. The Morgan fingerprint density at radius 1 is 1.08 bits per heavy atom. The molecule has 1 aromatic rings. The average Bonchev–Trinajstić information content (AvgIpc) is 2.03.